The molecule has 2 heterocycles. The smallest absolute Gasteiger partial charge is 0.0213 e. The number of rotatable bonds is 3. The highest BCUT2D eigenvalue weighted by atomic mass is 32.1. The van der Waals surface area contributed by atoms with Crippen LogP contribution in [-0.4, -0.2) is 25.0 Å². The number of piperidine rings is 1. The monoisotopic (exact) mass is 321 g/mol. The molecule has 1 aliphatic rings. The van der Waals surface area contributed by atoms with Gasteiger partial charge in [0, 0.05) is 10.8 Å². The molecule has 1 nitrogen and oxygen atoms in total. The van der Waals surface area contributed by atoms with Crippen molar-refractivity contribution < 1.29 is 0 Å². The lowest BCUT2D eigenvalue weighted by atomic mass is 9.79. The summed E-state index contributed by atoms with van der Waals surface area (Å²) in [5.41, 5.74) is 1.49. The molecule has 1 saturated heterocycles. The van der Waals surface area contributed by atoms with Crippen molar-refractivity contribution in [3.05, 3.63) is 70.4 Å². The number of hydrogen-bond donors (Lipinski definition) is 0. The molecule has 1 unspecified atom stereocenters. The van der Waals surface area contributed by atoms with Gasteiger partial charge in [-0.15, -0.1) is 11.3 Å². The molecule has 0 radical (unpaired) electrons. The summed E-state index contributed by atoms with van der Waals surface area (Å²) in [7, 11) is 2.24. The van der Waals surface area contributed by atoms with Gasteiger partial charge in [-0.05, 0) is 66.7 Å². The SMILES string of the molecule is CN1CCC(C(c2ccc3ccccc3c2)c2cccs2)CC1. The van der Waals surface area contributed by atoms with Crippen LogP contribution in [0.25, 0.3) is 10.8 Å². The molecule has 1 atom stereocenters. The van der Waals surface area contributed by atoms with E-state index in [9.17, 15) is 0 Å². The Morgan fingerprint density at radius 1 is 0.957 bits per heavy atom. The largest absolute Gasteiger partial charge is 0.306 e. The third kappa shape index (κ3) is 3.06. The van der Waals surface area contributed by atoms with Crippen molar-refractivity contribution in [2.24, 2.45) is 5.92 Å². The van der Waals surface area contributed by atoms with Crippen molar-refractivity contribution in [2.45, 2.75) is 18.8 Å². The molecule has 0 saturated carbocycles. The zero-order valence-electron chi connectivity index (χ0n) is 13.6. The van der Waals surface area contributed by atoms with Crippen LogP contribution in [0.5, 0.6) is 0 Å². The fraction of sp³-hybridized carbons (Fsp3) is 0.333. The van der Waals surface area contributed by atoms with Gasteiger partial charge >= 0.3 is 0 Å². The van der Waals surface area contributed by atoms with E-state index in [1.807, 2.05) is 11.3 Å². The summed E-state index contributed by atoms with van der Waals surface area (Å²) in [6.07, 6.45) is 2.60. The molecule has 1 aliphatic heterocycles. The number of hydrogen-bond acceptors (Lipinski definition) is 2. The van der Waals surface area contributed by atoms with Crippen LogP contribution in [-0.2, 0) is 0 Å². The highest BCUT2D eigenvalue weighted by molar-refractivity contribution is 7.10. The number of nitrogens with zero attached hydrogens (tertiary/aromatic N) is 1. The summed E-state index contributed by atoms with van der Waals surface area (Å²) in [5.74, 6) is 1.30. The summed E-state index contributed by atoms with van der Waals surface area (Å²) in [6.45, 7) is 2.44. The lowest BCUT2D eigenvalue weighted by Gasteiger charge is -2.34. The quantitative estimate of drug-likeness (QED) is 0.626. The van der Waals surface area contributed by atoms with Crippen LogP contribution >= 0.6 is 11.3 Å². The maximum absolute atomic E-state index is 2.46. The van der Waals surface area contributed by atoms with Gasteiger partial charge in [0.1, 0.15) is 0 Å². The zero-order chi connectivity index (χ0) is 15.6. The summed E-state index contributed by atoms with van der Waals surface area (Å²) < 4.78 is 0. The first kappa shape index (κ1) is 14.9. The van der Waals surface area contributed by atoms with Crippen molar-refractivity contribution in [2.75, 3.05) is 20.1 Å². The molecule has 2 heteroatoms. The van der Waals surface area contributed by atoms with E-state index < -0.39 is 0 Å². The Kier molecular flexibility index (Phi) is 4.19. The second kappa shape index (κ2) is 6.46. The zero-order valence-corrected chi connectivity index (χ0v) is 14.4. The van der Waals surface area contributed by atoms with Gasteiger partial charge in [-0.1, -0.05) is 48.5 Å². The van der Waals surface area contributed by atoms with Crippen LogP contribution in [0, 0.1) is 5.92 Å². The fourth-order valence-electron chi connectivity index (χ4n) is 3.90. The molecule has 4 rings (SSSR count). The number of benzene rings is 2. The Bertz CT molecular complexity index is 769. The lowest BCUT2D eigenvalue weighted by Crippen LogP contribution is -2.32. The van der Waals surface area contributed by atoms with Crippen LogP contribution in [0.2, 0.25) is 0 Å². The first-order valence-electron chi connectivity index (χ1n) is 8.52. The standard InChI is InChI=1S/C21H23NS/c1-22-12-10-17(11-13-22)21(20-7-4-14-23-20)19-9-8-16-5-2-3-6-18(16)15-19/h2-9,14-15,17,21H,10-13H2,1H3. The normalized spacial score (nSPS) is 18.3. The first-order chi connectivity index (χ1) is 11.3. The Balaban J connectivity index is 1.74. The van der Waals surface area contributed by atoms with Crippen molar-refractivity contribution >= 4 is 22.1 Å². The van der Waals surface area contributed by atoms with Crippen LogP contribution in [0.3, 0.4) is 0 Å². The second-order valence-corrected chi connectivity index (χ2v) is 7.72. The van der Waals surface area contributed by atoms with Crippen LogP contribution < -0.4 is 0 Å². The minimum atomic E-state index is 0.549. The Labute approximate surface area is 142 Å². The van der Waals surface area contributed by atoms with E-state index in [4.69, 9.17) is 0 Å². The predicted molar refractivity (Wildman–Crippen MR) is 100 cm³/mol. The van der Waals surface area contributed by atoms with Crippen LogP contribution in [0.4, 0.5) is 0 Å². The summed E-state index contributed by atoms with van der Waals surface area (Å²) >= 11 is 1.91. The van der Waals surface area contributed by atoms with Crippen LogP contribution in [0.1, 0.15) is 29.2 Å². The minimum absolute atomic E-state index is 0.549. The molecule has 0 amide bonds. The molecular formula is C21H23NS. The second-order valence-electron chi connectivity index (χ2n) is 6.74. The van der Waals surface area contributed by atoms with Gasteiger partial charge in [-0.3, -0.25) is 0 Å². The van der Waals surface area contributed by atoms with Crippen molar-refractivity contribution in [1.29, 1.82) is 0 Å². The minimum Gasteiger partial charge on any atom is -0.306 e. The first-order valence-corrected chi connectivity index (χ1v) is 9.40. The maximum Gasteiger partial charge on any atom is 0.0213 e. The molecule has 1 aromatic heterocycles. The van der Waals surface area contributed by atoms with Gasteiger partial charge in [0.05, 0.1) is 0 Å². The Hall–Kier alpha value is -1.64. The van der Waals surface area contributed by atoms with Gasteiger partial charge in [-0.25, -0.2) is 0 Å². The number of fused-ring (bicyclic) bond motifs is 1. The molecule has 23 heavy (non-hydrogen) atoms. The predicted octanol–water partition coefficient (Wildman–Crippen LogP) is 5.38. The van der Waals surface area contributed by atoms with Crippen molar-refractivity contribution in [3.8, 4) is 0 Å². The van der Waals surface area contributed by atoms with Gasteiger partial charge in [0.2, 0.25) is 0 Å². The molecule has 1 fully saturated rings. The van der Waals surface area contributed by atoms with E-state index in [0.717, 1.165) is 5.92 Å². The van der Waals surface area contributed by atoms with E-state index in [1.54, 1.807) is 0 Å². The van der Waals surface area contributed by atoms with E-state index in [0.29, 0.717) is 5.92 Å². The topological polar surface area (TPSA) is 3.24 Å². The van der Waals surface area contributed by atoms with Gasteiger partial charge in [0.25, 0.3) is 0 Å². The van der Waals surface area contributed by atoms with Gasteiger partial charge in [0.15, 0.2) is 0 Å². The third-order valence-corrected chi connectivity index (χ3v) is 6.17. The highest BCUT2D eigenvalue weighted by Gasteiger charge is 2.28. The molecular weight excluding hydrogens is 298 g/mol. The van der Waals surface area contributed by atoms with Crippen molar-refractivity contribution in [1.82, 2.24) is 4.90 Å². The molecule has 2 aromatic carbocycles. The van der Waals surface area contributed by atoms with E-state index in [2.05, 4.69) is 71.9 Å². The lowest BCUT2D eigenvalue weighted by molar-refractivity contribution is 0.208. The van der Waals surface area contributed by atoms with Crippen molar-refractivity contribution in [3.63, 3.8) is 0 Å². The molecule has 0 spiro atoms. The molecule has 3 aromatic rings. The van der Waals surface area contributed by atoms with Crippen LogP contribution in [0.15, 0.2) is 60.0 Å². The molecule has 0 N–H and O–H groups in total. The molecule has 0 bridgehead atoms. The summed E-state index contributed by atoms with van der Waals surface area (Å²) in [6, 6.07) is 20.3. The Morgan fingerprint density at radius 3 is 2.48 bits per heavy atom. The van der Waals surface area contributed by atoms with Gasteiger partial charge < -0.3 is 4.90 Å². The average molecular weight is 321 g/mol. The number of likely N-dealkylation sites (tertiary alicyclic amines) is 1. The average Bonchev–Trinajstić information content (AvgIpc) is 3.11. The fourth-order valence-corrected chi connectivity index (χ4v) is 4.85. The third-order valence-electron chi connectivity index (χ3n) is 5.22. The molecule has 118 valence electrons. The molecule has 0 aliphatic carbocycles. The maximum atomic E-state index is 2.46. The van der Waals surface area contributed by atoms with E-state index in [1.165, 1.54) is 47.1 Å². The number of thiophene rings is 1. The summed E-state index contributed by atoms with van der Waals surface area (Å²) in [4.78, 5) is 3.98. The van der Waals surface area contributed by atoms with E-state index >= 15 is 0 Å². The highest BCUT2D eigenvalue weighted by Crippen LogP contribution is 2.40. The Morgan fingerprint density at radius 2 is 1.74 bits per heavy atom. The summed E-state index contributed by atoms with van der Waals surface area (Å²) in [5, 5.41) is 4.92. The van der Waals surface area contributed by atoms with Gasteiger partial charge in [-0.2, -0.15) is 0 Å². The van der Waals surface area contributed by atoms with E-state index in [-0.39, 0.29) is 0 Å².